The van der Waals surface area contributed by atoms with Gasteiger partial charge in [0.25, 0.3) is 0 Å². The van der Waals surface area contributed by atoms with Crippen LogP contribution in [0.2, 0.25) is 0 Å². The van der Waals surface area contributed by atoms with Crippen LogP contribution in [-0.4, -0.2) is 50.3 Å². The molecule has 0 spiro atoms. The summed E-state index contributed by atoms with van der Waals surface area (Å²) in [6.45, 7) is 7.47. The lowest BCUT2D eigenvalue weighted by atomic mass is 10.0. The predicted octanol–water partition coefficient (Wildman–Crippen LogP) is 2.26. The molecule has 118 valence electrons. The standard InChI is InChI=1S/C16H24N6/c1-3-21-10-5-4-6-14(21)12-18-15-7-8-16(20-19-15)22-11-9-17-13(22)2/h7-9,11,14H,3-6,10,12H2,1-2H3,(H,18,19). The molecule has 0 saturated carbocycles. The highest BCUT2D eigenvalue weighted by molar-refractivity contribution is 5.37. The zero-order chi connectivity index (χ0) is 15.4. The van der Waals surface area contributed by atoms with Crippen LogP contribution < -0.4 is 5.32 Å². The molecule has 6 heteroatoms. The molecular weight excluding hydrogens is 276 g/mol. The van der Waals surface area contributed by atoms with E-state index in [0.29, 0.717) is 6.04 Å². The molecule has 1 unspecified atom stereocenters. The van der Waals surface area contributed by atoms with E-state index in [-0.39, 0.29) is 0 Å². The highest BCUT2D eigenvalue weighted by Crippen LogP contribution is 2.17. The predicted molar refractivity (Wildman–Crippen MR) is 87.3 cm³/mol. The van der Waals surface area contributed by atoms with Crippen molar-refractivity contribution in [2.45, 2.75) is 39.2 Å². The van der Waals surface area contributed by atoms with Crippen molar-refractivity contribution in [3.8, 4) is 5.82 Å². The van der Waals surface area contributed by atoms with Crippen LogP contribution in [-0.2, 0) is 0 Å². The summed E-state index contributed by atoms with van der Waals surface area (Å²) in [5.41, 5.74) is 0. The quantitative estimate of drug-likeness (QED) is 0.918. The minimum Gasteiger partial charge on any atom is -0.367 e. The van der Waals surface area contributed by atoms with E-state index >= 15 is 0 Å². The molecule has 22 heavy (non-hydrogen) atoms. The van der Waals surface area contributed by atoms with Crippen LogP contribution in [0.15, 0.2) is 24.5 Å². The zero-order valence-electron chi connectivity index (χ0n) is 13.4. The largest absolute Gasteiger partial charge is 0.367 e. The number of rotatable bonds is 5. The number of nitrogens with one attached hydrogen (secondary N) is 1. The lowest BCUT2D eigenvalue weighted by Gasteiger charge is -2.34. The molecule has 0 bridgehead atoms. The third kappa shape index (κ3) is 3.27. The van der Waals surface area contributed by atoms with Crippen molar-refractivity contribution < 1.29 is 0 Å². The number of imidazole rings is 1. The van der Waals surface area contributed by atoms with Crippen molar-refractivity contribution in [2.75, 3.05) is 25.0 Å². The lowest BCUT2D eigenvalue weighted by Crippen LogP contribution is -2.43. The highest BCUT2D eigenvalue weighted by Gasteiger charge is 2.20. The Kier molecular flexibility index (Phi) is 4.68. The summed E-state index contributed by atoms with van der Waals surface area (Å²) in [6.07, 6.45) is 7.58. The van der Waals surface area contributed by atoms with Crippen LogP contribution in [0.1, 0.15) is 32.0 Å². The Morgan fingerprint density at radius 3 is 2.86 bits per heavy atom. The molecule has 2 aromatic heterocycles. The summed E-state index contributed by atoms with van der Waals surface area (Å²) in [6, 6.07) is 4.57. The van der Waals surface area contributed by atoms with Gasteiger partial charge in [0.1, 0.15) is 11.6 Å². The van der Waals surface area contributed by atoms with Crippen molar-refractivity contribution in [1.82, 2.24) is 24.6 Å². The fourth-order valence-corrected chi connectivity index (χ4v) is 3.10. The number of hydrogen-bond acceptors (Lipinski definition) is 5. The molecule has 1 fully saturated rings. The molecule has 1 N–H and O–H groups in total. The molecule has 1 aliphatic rings. The van der Waals surface area contributed by atoms with E-state index in [1.165, 1.54) is 25.8 Å². The van der Waals surface area contributed by atoms with Gasteiger partial charge in [-0.1, -0.05) is 13.3 Å². The van der Waals surface area contributed by atoms with Gasteiger partial charge in [-0.15, -0.1) is 10.2 Å². The summed E-state index contributed by atoms with van der Waals surface area (Å²) >= 11 is 0. The molecule has 0 aliphatic carbocycles. The second kappa shape index (κ2) is 6.87. The highest BCUT2D eigenvalue weighted by atomic mass is 15.3. The number of hydrogen-bond donors (Lipinski definition) is 1. The van der Waals surface area contributed by atoms with E-state index < -0.39 is 0 Å². The number of likely N-dealkylation sites (tertiary alicyclic amines) is 1. The topological polar surface area (TPSA) is 58.9 Å². The van der Waals surface area contributed by atoms with E-state index in [4.69, 9.17) is 0 Å². The number of piperidine rings is 1. The first-order chi connectivity index (χ1) is 10.8. The molecule has 6 nitrogen and oxygen atoms in total. The molecule has 1 saturated heterocycles. The van der Waals surface area contributed by atoms with Crippen LogP contribution in [0.4, 0.5) is 5.82 Å². The zero-order valence-corrected chi connectivity index (χ0v) is 13.4. The van der Waals surface area contributed by atoms with Gasteiger partial charge in [0.05, 0.1) is 0 Å². The van der Waals surface area contributed by atoms with Crippen LogP contribution in [0, 0.1) is 6.92 Å². The lowest BCUT2D eigenvalue weighted by molar-refractivity contribution is 0.164. The van der Waals surface area contributed by atoms with Gasteiger partial charge in [-0.2, -0.15) is 0 Å². The maximum Gasteiger partial charge on any atom is 0.160 e. The molecule has 2 aromatic rings. The van der Waals surface area contributed by atoms with E-state index in [2.05, 4.69) is 32.3 Å². The average molecular weight is 300 g/mol. The normalized spacial score (nSPS) is 19.3. The van der Waals surface area contributed by atoms with Crippen molar-refractivity contribution in [1.29, 1.82) is 0 Å². The Labute approximate surface area is 131 Å². The number of aryl methyl sites for hydroxylation is 1. The minimum atomic E-state index is 0.608. The fourth-order valence-electron chi connectivity index (χ4n) is 3.10. The van der Waals surface area contributed by atoms with E-state index in [1.54, 1.807) is 6.20 Å². The molecule has 1 aliphatic heterocycles. The molecule has 0 radical (unpaired) electrons. The summed E-state index contributed by atoms with van der Waals surface area (Å²) in [5, 5.41) is 12.0. The Morgan fingerprint density at radius 2 is 2.18 bits per heavy atom. The summed E-state index contributed by atoms with van der Waals surface area (Å²) < 4.78 is 1.93. The first kappa shape index (κ1) is 15.0. The SMILES string of the molecule is CCN1CCCCC1CNc1ccc(-n2ccnc2C)nn1. The van der Waals surface area contributed by atoms with Crippen molar-refractivity contribution >= 4 is 5.82 Å². The summed E-state index contributed by atoms with van der Waals surface area (Å²) in [7, 11) is 0. The fraction of sp³-hybridized carbons (Fsp3) is 0.562. The van der Waals surface area contributed by atoms with E-state index in [1.807, 2.05) is 29.8 Å². The average Bonchev–Trinajstić information content (AvgIpc) is 3.00. The van der Waals surface area contributed by atoms with E-state index in [9.17, 15) is 0 Å². The number of likely N-dealkylation sites (N-methyl/N-ethyl adjacent to an activating group) is 1. The summed E-state index contributed by atoms with van der Waals surface area (Å²) in [4.78, 5) is 6.75. The van der Waals surface area contributed by atoms with Crippen LogP contribution in [0.25, 0.3) is 5.82 Å². The first-order valence-electron chi connectivity index (χ1n) is 8.10. The molecule has 3 heterocycles. The van der Waals surface area contributed by atoms with Gasteiger partial charge in [-0.05, 0) is 45.0 Å². The van der Waals surface area contributed by atoms with Gasteiger partial charge in [-0.3, -0.25) is 9.47 Å². The monoisotopic (exact) mass is 300 g/mol. The Morgan fingerprint density at radius 1 is 1.27 bits per heavy atom. The van der Waals surface area contributed by atoms with Crippen molar-refractivity contribution in [2.24, 2.45) is 0 Å². The molecular formula is C16H24N6. The molecule has 0 amide bonds. The minimum absolute atomic E-state index is 0.608. The third-order valence-corrected chi connectivity index (χ3v) is 4.40. The van der Waals surface area contributed by atoms with Crippen LogP contribution in [0.3, 0.4) is 0 Å². The maximum absolute atomic E-state index is 4.28. The van der Waals surface area contributed by atoms with Crippen LogP contribution >= 0.6 is 0 Å². The van der Waals surface area contributed by atoms with Gasteiger partial charge in [-0.25, -0.2) is 4.98 Å². The molecule has 3 rings (SSSR count). The molecule has 0 aromatic carbocycles. The van der Waals surface area contributed by atoms with Crippen molar-refractivity contribution in [3.63, 3.8) is 0 Å². The second-order valence-corrected chi connectivity index (χ2v) is 5.78. The molecule has 1 atom stereocenters. The maximum atomic E-state index is 4.28. The number of anilines is 1. The number of nitrogens with zero attached hydrogens (tertiary/aromatic N) is 5. The summed E-state index contributed by atoms with van der Waals surface area (Å²) in [5.74, 6) is 2.55. The van der Waals surface area contributed by atoms with Gasteiger partial charge < -0.3 is 5.32 Å². The van der Waals surface area contributed by atoms with Crippen molar-refractivity contribution in [3.05, 3.63) is 30.4 Å². The third-order valence-electron chi connectivity index (χ3n) is 4.40. The smallest absolute Gasteiger partial charge is 0.160 e. The van der Waals surface area contributed by atoms with E-state index in [0.717, 1.165) is 30.5 Å². The number of aromatic nitrogens is 4. The van der Waals surface area contributed by atoms with Crippen LogP contribution in [0.5, 0.6) is 0 Å². The Bertz CT molecular complexity index is 591. The second-order valence-electron chi connectivity index (χ2n) is 5.78. The Hall–Kier alpha value is -1.95. The van der Waals surface area contributed by atoms with Gasteiger partial charge in [0.2, 0.25) is 0 Å². The van der Waals surface area contributed by atoms with Gasteiger partial charge >= 0.3 is 0 Å². The Balaban J connectivity index is 1.60. The van der Waals surface area contributed by atoms with Gasteiger partial charge in [0.15, 0.2) is 5.82 Å². The van der Waals surface area contributed by atoms with Gasteiger partial charge in [0, 0.05) is 25.0 Å². The first-order valence-corrected chi connectivity index (χ1v) is 8.10.